The van der Waals surface area contributed by atoms with E-state index in [0.717, 1.165) is 12.1 Å². The molecule has 1 saturated heterocycles. The molecule has 1 aromatic heterocycles. The van der Waals surface area contributed by atoms with Crippen LogP contribution in [0.1, 0.15) is 16.7 Å². The van der Waals surface area contributed by atoms with Gasteiger partial charge >= 0.3 is 12.1 Å². The third-order valence-corrected chi connectivity index (χ3v) is 5.07. The molecule has 31 heavy (non-hydrogen) atoms. The van der Waals surface area contributed by atoms with Crippen molar-refractivity contribution in [2.24, 2.45) is 0 Å². The maximum atomic E-state index is 12.8. The fourth-order valence-electron chi connectivity index (χ4n) is 3.45. The molecular weight excluding hydrogens is 415 g/mol. The van der Waals surface area contributed by atoms with Gasteiger partial charge in [-0.25, -0.2) is 4.79 Å². The third kappa shape index (κ3) is 3.74. The summed E-state index contributed by atoms with van der Waals surface area (Å²) in [5.41, 5.74) is 0.644. The highest BCUT2D eigenvalue weighted by molar-refractivity contribution is 6.43. The summed E-state index contributed by atoms with van der Waals surface area (Å²) in [6, 6.07) is 9.86. The summed E-state index contributed by atoms with van der Waals surface area (Å²) in [5.74, 6) is -1.83. The van der Waals surface area contributed by atoms with Crippen molar-refractivity contribution in [3.63, 3.8) is 0 Å². The van der Waals surface area contributed by atoms with Crippen LogP contribution in [0.5, 0.6) is 5.75 Å². The van der Waals surface area contributed by atoms with E-state index in [1.165, 1.54) is 19.2 Å². The number of methoxy groups -OCH3 is 1. The molecule has 1 aliphatic rings. The van der Waals surface area contributed by atoms with Gasteiger partial charge in [-0.15, -0.1) is 0 Å². The van der Waals surface area contributed by atoms with Crippen LogP contribution in [0, 0.1) is 0 Å². The molecule has 9 heteroatoms. The van der Waals surface area contributed by atoms with Crippen molar-refractivity contribution in [1.29, 1.82) is 0 Å². The molecule has 0 bridgehead atoms. The number of hydrogen-bond acceptors (Lipinski definition) is 5. The first-order valence-corrected chi connectivity index (χ1v) is 9.16. The zero-order valence-corrected chi connectivity index (χ0v) is 16.2. The lowest BCUT2D eigenvalue weighted by molar-refractivity contribution is -0.146. The van der Waals surface area contributed by atoms with Crippen LogP contribution in [-0.4, -0.2) is 35.1 Å². The number of halogens is 3. The first kappa shape index (κ1) is 20.5. The molecule has 0 amide bonds. The van der Waals surface area contributed by atoms with E-state index in [1.807, 2.05) is 0 Å². The van der Waals surface area contributed by atoms with Gasteiger partial charge < -0.3 is 19.1 Å². The minimum Gasteiger partial charge on any atom is -0.507 e. The Morgan fingerprint density at radius 2 is 1.87 bits per heavy atom. The zero-order valence-electron chi connectivity index (χ0n) is 16.2. The highest BCUT2D eigenvalue weighted by Crippen LogP contribution is 2.33. The number of Topliss-reactive ketones (excluding diaryl/α,β-unsaturated/α-hetero) is 1. The van der Waals surface area contributed by atoms with E-state index in [-0.39, 0.29) is 30.0 Å². The summed E-state index contributed by atoms with van der Waals surface area (Å²) in [4.78, 5) is 23.4. The van der Waals surface area contributed by atoms with Gasteiger partial charge in [0.15, 0.2) is 0 Å². The topological polar surface area (TPSA) is 77.8 Å². The SMILES string of the molecule is COc1ccc2c(c1)c(C(O)=C1COC(=O)C1=O)cn2Cc1ccc(C(F)(F)F)cc1. The quantitative estimate of drug-likeness (QED) is 0.291. The lowest BCUT2D eigenvalue weighted by atomic mass is 10.1. The number of carbonyl (C=O) groups is 2. The fourth-order valence-corrected chi connectivity index (χ4v) is 3.45. The van der Waals surface area contributed by atoms with Crippen LogP contribution < -0.4 is 4.74 Å². The minimum atomic E-state index is -4.42. The standard InChI is InChI=1S/C22H16F3NO5/c1-30-14-6-7-18-15(8-14)16(19(27)17-11-31-21(29)20(17)28)10-26(18)9-12-2-4-13(5-3-12)22(23,24)25/h2-8,10,27H,9,11H2,1H3. The van der Waals surface area contributed by atoms with Gasteiger partial charge in [0.2, 0.25) is 0 Å². The monoisotopic (exact) mass is 431 g/mol. The molecule has 1 fully saturated rings. The average Bonchev–Trinajstić information content (AvgIpc) is 3.27. The van der Waals surface area contributed by atoms with Gasteiger partial charge in [-0.2, -0.15) is 13.2 Å². The predicted octanol–water partition coefficient (Wildman–Crippen LogP) is 4.11. The second-order valence-electron chi connectivity index (χ2n) is 6.98. The summed E-state index contributed by atoms with van der Waals surface area (Å²) >= 11 is 0. The summed E-state index contributed by atoms with van der Waals surface area (Å²) in [7, 11) is 1.48. The van der Waals surface area contributed by atoms with Crippen molar-refractivity contribution in [2.75, 3.05) is 13.7 Å². The lowest BCUT2D eigenvalue weighted by Crippen LogP contribution is -2.08. The molecule has 3 aromatic rings. The average molecular weight is 431 g/mol. The number of rotatable bonds is 4. The van der Waals surface area contributed by atoms with Crippen molar-refractivity contribution in [1.82, 2.24) is 4.57 Å². The van der Waals surface area contributed by atoms with E-state index >= 15 is 0 Å². The molecule has 0 spiro atoms. The van der Waals surface area contributed by atoms with Crippen molar-refractivity contribution >= 4 is 28.4 Å². The summed E-state index contributed by atoms with van der Waals surface area (Å²) in [6.07, 6.45) is -2.85. The Morgan fingerprint density at radius 1 is 1.16 bits per heavy atom. The normalized spacial score (nSPS) is 16.0. The van der Waals surface area contributed by atoms with Crippen LogP contribution in [0.3, 0.4) is 0 Å². The number of aliphatic hydroxyl groups excluding tert-OH is 1. The second kappa shape index (κ2) is 7.50. The Hall–Kier alpha value is -3.75. The largest absolute Gasteiger partial charge is 0.507 e. The Morgan fingerprint density at radius 3 is 2.45 bits per heavy atom. The van der Waals surface area contributed by atoms with E-state index < -0.39 is 23.5 Å². The molecule has 0 unspecified atom stereocenters. The molecule has 6 nitrogen and oxygen atoms in total. The molecule has 0 atom stereocenters. The van der Waals surface area contributed by atoms with Gasteiger partial charge in [-0.05, 0) is 35.9 Å². The number of esters is 1. The molecule has 0 aliphatic carbocycles. The van der Waals surface area contributed by atoms with Crippen molar-refractivity contribution in [3.05, 3.63) is 70.9 Å². The number of alkyl halides is 3. The fraction of sp³-hybridized carbons (Fsp3) is 0.182. The Balaban J connectivity index is 1.79. The van der Waals surface area contributed by atoms with Crippen LogP contribution in [0.15, 0.2) is 54.2 Å². The number of aromatic nitrogens is 1. The molecule has 0 saturated carbocycles. The van der Waals surface area contributed by atoms with Gasteiger partial charge in [0.05, 0.1) is 18.2 Å². The van der Waals surface area contributed by atoms with Crippen molar-refractivity contribution in [3.8, 4) is 5.75 Å². The first-order chi connectivity index (χ1) is 14.7. The van der Waals surface area contributed by atoms with Crippen LogP contribution in [0.25, 0.3) is 16.7 Å². The number of cyclic esters (lactones) is 1. The third-order valence-electron chi connectivity index (χ3n) is 5.07. The summed E-state index contributed by atoms with van der Waals surface area (Å²) in [6.45, 7) is -0.119. The molecule has 0 radical (unpaired) electrons. The smallest absolute Gasteiger partial charge is 0.416 e. The Bertz CT molecular complexity index is 1220. The lowest BCUT2D eigenvalue weighted by Gasteiger charge is -2.09. The first-order valence-electron chi connectivity index (χ1n) is 9.16. The van der Waals surface area contributed by atoms with Crippen LogP contribution in [0.4, 0.5) is 13.2 Å². The van der Waals surface area contributed by atoms with E-state index in [9.17, 15) is 27.9 Å². The molecule has 2 heterocycles. The molecule has 2 aromatic carbocycles. The van der Waals surface area contributed by atoms with Gasteiger partial charge in [-0.1, -0.05) is 12.1 Å². The van der Waals surface area contributed by atoms with Crippen LogP contribution in [-0.2, 0) is 27.0 Å². The predicted molar refractivity (Wildman–Crippen MR) is 105 cm³/mol. The van der Waals surface area contributed by atoms with Crippen LogP contribution in [0.2, 0.25) is 0 Å². The van der Waals surface area contributed by atoms with Gasteiger partial charge in [0.25, 0.3) is 5.78 Å². The molecule has 4 rings (SSSR count). The summed E-state index contributed by atoms with van der Waals surface area (Å²) < 4.78 is 50.1. The molecular formula is C22H16F3NO5. The van der Waals surface area contributed by atoms with Gasteiger partial charge in [-0.3, -0.25) is 4.79 Å². The Kier molecular flexibility index (Phi) is 4.96. The van der Waals surface area contributed by atoms with E-state index in [1.54, 1.807) is 29.0 Å². The molecule has 1 aliphatic heterocycles. The number of aliphatic hydroxyl groups is 1. The van der Waals surface area contributed by atoms with Crippen molar-refractivity contribution in [2.45, 2.75) is 12.7 Å². The molecule has 160 valence electrons. The number of ketones is 1. The van der Waals surface area contributed by atoms with E-state index in [4.69, 9.17) is 4.74 Å². The number of ether oxygens (including phenoxy) is 2. The number of benzene rings is 2. The Labute approximate surface area is 174 Å². The number of hydrogen-bond donors (Lipinski definition) is 1. The minimum absolute atomic E-state index is 0.151. The maximum Gasteiger partial charge on any atom is 0.416 e. The van der Waals surface area contributed by atoms with Gasteiger partial charge in [0, 0.05) is 29.2 Å². The summed E-state index contributed by atoms with van der Waals surface area (Å²) in [5, 5.41) is 11.3. The number of fused-ring (bicyclic) bond motifs is 1. The highest BCUT2D eigenvalue weighted by Gasteiger charge is 2.33. The van der Waals surface area contributed by atoms with Crippen LogP contribution >= 0.6 is 0 Å². The maximum absolute atomic E-state index is 12.8. The number of nitrogens with zero attached hydrogens (tertiary/aromatic N) is 1. The van der Waals surface area contributed by atoms with Gasteiger partial charge in [0.1, 0.15) is 18.1 Å². The second-order valence-corrected chi connectivity index (χ2v) is 6.98. The highest BCUT2D eigenvalue weighted by atomic mass is 19.4. The van der Waals surface area contributed by atoms with E-state index in [2.05, 4.69) is 4.74 Å². The van der Waals surface area contributed by atoms with Crippen molar-refractivity contribution < 1.29 is 37.3 Å². The number of carbonyl (C=O) groups excluding carboxylic acids is 2. The van der Waals surface area contributed by atoms with E-state index in [0.29, 0.717) is 22.2 Å². The zero-order chi connectivity index (χ0) is 22.3. The molecule has 1 N–H and O–H groups in total.